The second kappa shape index (κ2) is 6.56. The Bertz CT molecular complexity index is 1310. The predicted octanol–water partition coefficient (Wildman–Crippen LogP) is 4.73. The molecule has 0 unspecified atom stereocenters. The van der Waals surface area contributed by atoms with Gasteiger partial charge >= 0.3 is 6.18 Å². The molecular weight excluding hydrogens is 413 g/mol. The van der Waals surface area contributed by atoms with Gasteiger partial charge in [-0.1, -0.05) is 17.7 Å². The number of hydrogen-bond acceptors (Lipinski definition) is 5. The summed E-state index contributed by atoms with van der Waals surface area (Å²) < 4.78 is 47.0. The average molecular weight is 423 g/mol. The van der Waals surface area contributed by atoms with Gasteiger partial charge in [-0.05, 0) is 30.3 Å². The van der Waals surface area contributed by atoms with E-state index in [1.807, 2.05) is 0 Å². The maximum Gasteiger partial charge on any atom is 0.450 e. The molecule has 0 bridgehead atoms. The minimum absolute atomic E-state index is 0.138. The molecule has 0 aliphatic heterocycles. The molecule has 148 valence electrons. The summed E-state index contributed by atoms with van der Waals surface area (Å²) in [4.78, 5) is 12.8. The lowest BCUT2D eigenvalue weighted by Crippen LogP contribution is -2.15. The zero-order valence-corrected chi connectivity index (χ0v) is 15.0. The normalized spacial score (nSPS) is 11.9. The van der Waals surface area contributed by atoms with Crippen molar-refractivity contribution < 1.29 is 27.8 Å². The van der Waals surface area contributed by atoms with Crippen LogP contribution < -0.4 is 5.43 Å². The fourth-order valence-electron chi connectivity index (χ4n) is 2.91. The Morgan fingerprint density at radius 1 is 1.14 bits per heavy atom. The molecule has 2 heterocycles. The molecule has 0 amide bonds. The maximum absolute atomic E-state index is 13.6. The molecule has 0 fully saturated rings. The molecular formula is C19H10ClF3N2O4. The lowest BCUT2D eigenvalue weighted by Gasteiger charge is -2.12. The fourth-order valence-corrected chi connectivity index (χ4v) is 3.09. The summed E-state index contributed by atoms with van der Waals surface area (Å²) >= 11 is 5.92. The van der Waals surface area contributed by atoms with Crippen molar-refractivity contribution in [3.8, 4) is 28.3 Å². The number of aromatic nitrogens is 2. The van der Waals surface area contributed by atoms with Crippen LogP contribution in [-0.4, -0.2) is 20.0 Å². The number of nitrogens with zero attached hydrogens (tertiary/aromatic N) is 2. The van der Waals surface area contributed by atoms with Crippen LogP contribution in [0.5, 0.6) is 11.5 Å². The highest BCUT2D eigenvalue weighted by Crippen LogP contribution is 2.40. The first-order valence-corrected chi connectivity index (χ1v) is 8.44. The van der Waals surface area contributed by atoms with Gasteiger partial charge in [0.1, 0.15) is 0 Å². The molecule has 4 aromatic rings. The van der Waals surface area contributed by atoms with E-state index in [2.05, 4.69) is 5.10 Å². The Morgan fingerprint density at radius 3 is 2.59 bits per heavy atom. The molecule has 6 nitrogen and oxygen atoms in total. The third kappa shape index (κ3) is 3.19. The van der Waals surface area contributed by atoms with Gasteiger partial charge in [-0.3, -0.25) is 4.79 Å². The second-order valence-electron chi connectivity index (χ2n) is 6.10. The van der Waals surface area contributed by atoms with Crippen LogP contribution in [-0.2, 0) is 6.18 Å². The van der Waals surface area contributed by atoms with E-state index >= 15 is 0 Å². The number of alkyl halides is 3. The van der Waals surface area contributed by atoms with Gasteiger partial charge in [0.15, 0.2) is 11.3 Å². The van der Waals surface area contributed by atoms with Gasteiger partial charge in [0.25, 0.3) is 0 Å². The van der Waals surface area contributed by atoms with Crippen LogP contribution in [0, 0.1) is 0 Å². The fraction of sp³-hybridized carbons (Fsp3) is 0.0526. The molecule has 0 aliphatic rings. The van der Waals surface area contributed by atoms with Crippen molar-refractivity contribution in [3.63, 3.8) is 0 Å². The lowest BCUT2D eigenvalue weighted by atomic mass is 10.0. The van der Waals surface area contributed by atoms with Gasteiger partial charge in [-0.15, -0.1) is 0 Å². The summed E-state index contributed by atoms with van der Waals surface area (Å²) in [5.74, 6) is -3.27. The van der Waals surface area contributed by atoms with Gasteiger partial charge in [-0.25, -0.2) is 4.68 Å². The van der Waals surface area contributed by atoms with Crippen LogP contribution in [0.4, 0.5) is 13.2 Å². The molecule has 2 aromatic carbocycles. The molecule has 0 aliphatic carbocycles. The van der Waals surface area contributed by atoms with E-state index in [4.69, 9.17) is 16.0 Å². The molecule has 0 saturated heterocycles. The van der Waals surface area contributed by atoms with Gasteiger partial charge < -0.3 is 14.6 Å². The summed E-state index contributed by atoms with van der Waals surface area (Å²) in [7, 11) is 0. The molecule has 4 rings (SSSR count). The van der Waals surface area contributed by atoms with Crippen LogP contribution in [0.3, 0.4) is 0 Å². The van der Waals surface area contributed by atoms with E-state index in [0.29, 0.717) is 10.7 Å². The molecule has 2 aromatic heterocycles. The number of halogens is 4. The molecule has 0 spiro atoms. The average Bonchev–Trinajstić information content (AvgIpc) is 3.13. The summed E-state index contributed by atoms with van der Waals surface area (Å²) in [5, 5.41) is 23.4. The van der Waals surface area contributed by atoms with Crippen molar-refractivity contribution in [3.05, 3.63) is 69.8 Å². The van der Waals surface area contributed by atoms with E-state index in [0.717, 1.165) is 18.3 Å². The van der Waals surface area contributed by atoms with E-state index in [1.165, 1.54) is 10.9 Å². The zero-order valence-electron chi connectivity index (χ0n) is 14.2. The first-order chi connectivity index (χ1) is 13.7. The third-order valence-electron chi connectivity index (χ3n) is 4.21. The monoisotopic (exact) mass is 422 g/mol. The first kappa shape index (κ1) is 18.9. The maximum atomic E-state index is 13.6. The van der Waals surface area contributed by atoms with Crippen molar-refractivity contribution >= 4 is 22.6 Å². The van der Waals surface area contributed by atoms with E-state index in [1.54, 1.807) is 24.3 Å². The first-order valence-electron chi connectivity index (χ1n) is 8.06. The van der Waals surface area contributed by atoms with Crippen molar-refractivity contribution in [2.45, 2.75) is 6.18 Å². The smallest absolute Gasteiger partial charge is 0.450 e. The molecule has 10 heteroatoms. The minimum atomic E-state index is -5.04. The van der Waals surface area contributed by atoms with Gasteiger partial charge in [0.2, 0.25) is 16.9 Å². The largest absolute Gasteiger partial charge is 0.504 e. The Kier molecular flexibility index (Phi) is 4.27. The van der Waals surface area contributed by atoms with Crippen LogP contribution >= 0.6 is 11.6 Å². The number of phenolic OH excluding ortho intramolecular Hbond substituents is 2. The van der Waals surface area contributed by atoms with Crippen molar-refractivity contribution in [2.75, 3.05) is 0 Å². The van der Waals surface area contributed by atoms with Crippen LogP contribution in [0.1, 0.15) is 5.76 Å². The second-order valence-corrected chi connectivity index (χ2v) is 6.53. The zero-order chi connectivity index (χ0) is 20.9. The SMILES string of the molecule is O=c1c(-c2cnn(-c3cccc(Cl)c3)c2)c(C(F)(F)F)oc2c(O)c(O)ccc12. The van der Waals surface area contributed by atoms with Crippen molar-refractivity contribution in [1.29, 1.82) is 0 Å². The predicted molar refractivity (Wildman–Crippen MR) is 98.4 cm³/mol. The highest BCUT2D eigenvalue weighted by molar-refractivity contribution is 6.30. The topological polar surface area (TPSA) is 88.5 Å². The molecule has 0 saturated carbocycles. The Balaban J connectivity index is 2.00. The Morgan fingerprint density at radius 2 is 1.90 bits per heavy atom. The number of phenols is 2. The highest BCUT2D eigenvalue weighted by Gasteiger charge is 2.40. The minimum Gasteiger partial charge on any atom is -0.504 e. The van der Waals surface area contributed by atoms with Gasteiger partial charge in [0, 0.05) is 16.8 Å². The number of hydrogen-bond donors (Lipinski definition) is 2. The molecule has 29 heavy (non-hydrogen) atoms. The van der Waals surface area contributed by atoms with Crippen LogP contribution in [0.15, 0.2) is 58.0 Å². The summed E-state index contributed by atoms with van der Waals surface area (Å²) in [6.07, 6.45) is -2.72. The summed E-state index contributed by atoms with van der Waals surface area (Å²) in [6, 6.07) is 8.50. The van der Waals surface area contributed by atoms with E-state index < -0.39 is 40.0 Å². The van der Waals surface area contributed by atoms with E-state index in [9.17, 15) is 28.2 Å². The van der Waals surface area contributed by atoms with Crippen molar-refractivity contribution in [2.24, 2.45) is 0 Å². The number of benzene rings is 2. The number of rotatable bonds is 2. The van der Waals surface area contributed by atoms with E-state index in [-0.39, 0.29) is 10.9 Å². The van der Waals surface area contributed by atoms with Crippen LogP contribution in [0.25, 0.3) is 27.8 Å². The third-order valence-corrected chi connectivity index (χ3v) is 4.45. The molecule has 0 radical (unpaired) electrons. The standard InChI is InChI=1S/C19H10ClF3N2O4/c20-10-2-1-3-11(6-10)25-8-9(7-24-25)14-15(27)12-4-5-13(26)16(28)17(12)29-18(14)19(21,22)23/h1-8,26,28H. The number of aromatic hydroxyl groups is 2. The summed E-state index contributed by atoms with van der Waals surface area (Å²) in [5.41, 5.74) is -2.21. The van der Waals surface area contributed by atoms with Gasteiger partial charge in [-0.2, -0.15) is 18.3 Å². The summed E-state index contributed by atoms with van der Waals surface area (Å²) in [6.45, 7) is 0. The van der Waals surface area contributed by atoms with Crippen LogP contribution in [0.2, 0.25) is 5.02 Å². The Hall–Kier alpha value is -3.46. The highest BCUT2D eigenvalue weighted by atomic mass is 35.5. The molecule has 0 atom stereocenters. The number of fused-ring (bicyclic) bond motifs is 1. The lowest BCUT2D eigenvalue weighted by molar-refractivity contribution is -0.152. The Labute approximate surface area is 165 Å². The van der Waals surface area contributed by atoms with Crippen molar-refractivity contribution in [1.82, 2.24) is 9.78 Å². The molecule has 2 N–H and O–H groups in total. The quantitative estimate of drug-likeness (QED) is 0.456. The van der Waals surface area contributed by atoms with Gasteiger partial charge in [0.05, 0.1) is 22.8 Å².